The standard InChI is InChI=1S/C18H21BN2O4/c20-24-19(25-21)16-17-12(10-5-1-3-7-14(10)22-17)9-13-11-6-2-4-8-15(11)23-18(13)16/h3,7,9,13,18H,1-2,4-6,8,20-21H2. The van der Waals surface area contributed by atoms with Crippen molar-refractivity contribution in [2.45, 2.75) is 44.6 Å². The Bertz CT molecular complexity index is 897. The van der Waals surface area contributed by atoms with Gasteiger partial charge in [0.25, 0.3) is 0 Å². The Morgan fingerprint density at radius 1 is 1.12 bits per heavy atom. The fourth-order valence-corrected chi connectivity index (χ4v) is 4.67. The van der Waals surface area contributed by atoms with E-state index < -0.39 is 7.12 Å². The Hall–Kier alpha value is -1.80. The molecule has 5 rings (SSSR count). The van der Waals surface area contributed by atoms with Crippen molar-refractivity contribution in [2.24, 2.45) is 17.7 Å². The minimum absolute atomic E-state index is 0.179. The third kappa shape index (κ3) is 2.20. The van der Waals surface area contributed by atoms with Crippen LogP contribution in [0.4, 0.5) is 0 Å². The van der Waals surface area contributed by atoms with Gasteiger partial charge in [-0.05, 0) is 43.8 Å². The lowest BCUT2D eigenvalue weighted by atomic mass is 9.68. The van der Waals surface area contributed by atoms with E-state index >= 15 is 0 Å². The number of fused-ring (bicyclic) bond motifs is 5. The van der Waals surface area contributed by atoms with Gasteiger partial charge in [-0.2, -0.15) is 0 Å². The maximum absolute atomic E-state index is 6.32. The number of nitrogens with two attached hydrogens (primary N) is 2. The van der Waals surface area contributed by atoms with E-state index in [1.165, 1.54) is 24.0 Å². The summed E-state index contributed by atoms with van der Waals surface area (Å²) in [5.41, 5.74) is 4.13. The van der Waals surface area contributed by atoms with Gasteiger partial charge in [-0.25, -0.2) is 11.8 Å². The van der Waals surface area contributed by atoms with Crippen molar-refractivity contribution < 1.29 is 18.7 Å². The second-order valence-electron chi connectivity index (χ2n) is 7.07. The van der Waals surface area contributed by atoms with Crippen LogP contribution in [0, 0.1) is 5.92 Å². The van der Waals surface area contributed by atoms with Gasteiger partial charge >= 0.3 is 7.12 Å². The van der Waals surface area contributed by atoms with Crippen molar-refractivity contribution in [1.82, 2.24) is 0 Å². The van der Waals surface area contributed by atoms with Crippen LogP contribution in [0.5, 0.6) is 0 Å². The maximum Gasteiger partial charge on any atom is 0.531 e. The summed E-state index contributed by atoms with van der Waals surface area (Å²) in [7, 11) is -0.891. The van der Waals surface area contributed by atoms with Crippen LogP contribution in [0.15, 0.2) is 21.8 Å². The highest BCUT2D eigenvalue weighted by atomic mass is 16.7. The molecule has 7 heteroatoms. The van der Waals surface area contributed by atoms with Crippen LogP contribution < -0.4 is 22.4 Å². The Morgan fingerprint density at radius 3 is 2.80 bits per heavy atom. The second-order valence-corrected chi connectivity index (χ2v) is 7.07. The Kier molecular flexibility index (Phi) is 3.64. The highest BCUT2D eigenvalue weighted by Gasteiger charge is 2.46. The van der Waals surface area contributed by atoms with E-state index in [0.29, 0.717) is 0 Å². The summed E-state index contributed by atoms with van der Waals surface area (Å²) in [5, 5.41) is 1.12. The Morgan fingerprint density at radius 2 is 1.96 bits per heavy atom. The lowest BCUT2D eigenvalue weighted by Crippen LogP contribution is -2.47. The average Bonchev–Trinajstić information content (AvgIpc) is 3.20. The van der Waals surface area contributed by atoms with Crippen LogP contribution in [-0.2, 0) is 20.7 Å². The predicted molar refractivity (Wildman–Crippen MR) is 93.3 cm³/mol. The minimum atomic E-state index is -0.891. The second kappa shape index (κ2) is 5.88. The molecule has 0 amide bonds. The molecule has 0 saturated carbocycles. The van der Waals surface area contributed by atoms with Gasteiger partial charge in [0.1, 0.15) is 17.3 Å². The number of hydrogen-bond donors (Lipinski definition) is 2. The van der Waals surface area contributed by atoms with Crippen molar-refractivity contribution in [3.05, 3.63) is 39.4 Å². The minimum Gasteiger partial charge on any atom is -0.490 e. The summed E-state index contributed by atoms with van der Waals surface area (Å²) in [6.45, 7) is 0. The van der Waals surface area contributed by atoms with Gasteiger partial charge in [0, 0.05) is 28.6 Å². The molecule has 25 heavy (non-hydrogen) atoms. The van der Waals surface area contributed by atoms with Crippen molar-refractivity contribution in [3.8, 4) is 0 Å². The van der Waals surface area contributed by atoms with Gasteiger partial charge in [-0.3, -0.25) is 0 Å². The molecule has 0 spiro atoms. The number of ether oxygens (including phenoxy) is 1. The van der Waals surface area contributed by atoms with Gasteiger partial charge in [-0.15, -0.1) is 0 Å². The first-order valence-corrected chi connectivity index (χ1v) is 8.95. The molecular formula is C18H21BN2O4. The zero-order valence-corrected chi connectivity index (χ0v) is 14.0. The van der Waals surface area contributed by atoms with E-state index in [0.717, 1.165) is 53.3 Å². The van der Waals surface area contributed by atoms with Gasteiger partial charge in [-0.1, -0.05) is 12.2 Å². The number of hydrogen-bond acceptors (Lipinski definition) is 6. The number of allylic oxidation sites excluding steroid dienone is 2. The third-order valence-corrected chi connectivity index (χ3v) is 5.78. The van der Waals surface area contributed by atoms with E-state index in [-0.39, 0.29) is 12.0 Å². The molecule has 1 aromatic heterocycles. The van der Waals surface area contributed by atoms with E-state index in [1.807, 2.05) is 6.08 Å². The molecule has 2 atom stereocenters. The SMILES string of the molecule is NOB(ON)C1=c2oc3c(c2=CC2C4=C(CCCC4)OC12)CCC=C3. The molecule has 0 aromatic carbocycles. The summed E-state index contributed by atoms with van der Waals surface area (Å²) in [5.74, 6) is 13.1. The smallest absolute Gasteiger partial charge is 0.490 e. The van der Waals surface area contributed by atoms with Gasteiger partial charge < -0.3 is 18.7 Å². The molecule has 6 nitrogen and oxygen atoms in total. The molecule has 2 unspecified atom stereocenters. The lowest BCUT2D eigenvalue weighted by molar-refractivity contribution is 0.156. The van der Waals surface area contributed by atoms with E-state index in [1.54, 1.807) is 0 Å². The first kappa shape index (κ1) is 15.5. The monoisotopic (exact) mass is 340 g/mol. The summed E-state index contributed by atoms with van der Waals surface area (Å²) in [6, 6.07) is 0. The maximum atomic E-state index is 6.32. The number of rotatable bonds is 3. The van der Waals surface area contributed by atoms with Crippen LogP contribution in [0.25, 0.3) is 17.6 Å². The van der Waals surface area contributed by atoms with Gasteiger partial charge in [0.05, 0.1) is 5.76 Å². The fourth-order valence-electron chi connectivity index (χ4n) is 4.67. The summed E-state index contributed by atoms with van der Waals surface area (Å²) in [4.78, 5) is 0. The molecule has 1 aliphatic heterocycles. The molecule has 3 aliphatic carbocycles. The molecule has 0 radical (unpaired) electrons. The first-order chi connectivity index (χ1) is 12.3. The van der Waals surface area contributed by atoms with Gasteiger partial charge in [0.15, 0.2) is 0 Å². The topological polar surface area (TPSA) is 92.9 Å². The van der Waals surface area contributed by atoms with Crippen LogP contribution in [0.3, 0.4) is 0 Å². The zero-order valence-electron chi connectivity index (χ0n) is 14.0. The molecule has 2 heterocycles. The zero-order chi connectivity index (χ0) is 17.0. The Labute approximate surface area is 145 Å². The normalized spacial score (nSPS) is 26.4. The molecule has 0 bridgehead atoms. The molecule has 4 N–H and O–H groups in total. The summed E-state index contributed by atoms with van der Waals surface area (Å²) >= 11 is 0. The largest absolute Gasteiger partial charge is 0.531 e. The van der Waals surface area contributed by atoms with Crippen LogP contribution in [-0.4, -0.2) is 13.2 Å². The molecular weight excluding hydrogens is 319 g/mol. The summed E-state index contributed by atoms with van der Waals surface area (Å²) < 4.78 is 22.5. The van der Waals surface area contributed by atoms with Crippen LogP contribution in [0.1, 0.15) is 43.4 Å². The quantitative estimate of drug-likeness (QED) is 0.626. The molecule has 0 saturated heterocycles. The Balaban J connectivity index is 1.76. The predicted octanol–water partition coefficient (Wildman–Crippen LogP) is 0.835. The molecule has 0 fully saturated rings. The lowest BCUT2D eigenvalue weighted by Gasteiger charge is -2.25. The fraction of sp³-hybridized carbons (Fsp3) is 0.444. The highest BCUT2D eigenvalue weighted by molar-refractivity contribution is 6.66. The van der Waals surface area contributed by atoms with E-state index in [4.69, 9.17) is 30.5 Å². The summed E-state index contributed by atoms with van der Waals surface area (Å²) in [6.07, 6.45) is 12.7. The first-order valence-electron chi connectivity index (χ1n) is 8.95. The van der Waals surface area contributed by atoms with Crippen molar-refractivity contribution in [2.75, 3.05) is 0 Å². The van der Waals surface area contributed by atoms with Crippen molar-refractivity contribution in [3.63, 3.8) is 0 Å². The molecule has 1 aromatic rings. The highest BCUT2D eigenvalue weighted by Crippen LogP contribution is 2.44. The number of furan rings is 1. The van der Waals surface area contributed by atoms with E-state index in [2.05, 4.69) is 12.2 Å². The molecule has 4 aliphatic rings. The third-order valence-electron chi connectivity index (χ3n) is 5.78. The van der Waals surface area contributed by atoms with E-state index in [9.17, 15) is 0 Å². The molecule has 130 valence electrons. The average molecular weight is 340 g/mol. The van der Waals surface area contributed by atoms with Gasteiger partial charge in [0.2, 0.25) is 0 Å². The van der Waals surface area contributed by atoms with Crippen molar-refractivity contribution >= 4 is 24.7 Å². The van der Waals surface area contributed by atoms with Crippen LogP contribution >= 0.6 is 0 Å². The van der Waals surface area contributed by atoms with Crippen molar-refractivity contribution in [1.29, 1.82) is 0 Å². The van der Waals surface area contributed by atoms with Crippen LogP contribution in [0.2, 0.25) is 0 Å².